The zero-order chi connectivity index (χ0) is 39.3. The van der Waals surface area contributed by atoms with E-state index in [4.69, 9.17) is 9.47 Å². The van der Waals surface area contributed by atoms with Gasteiger partial charge in [-0.05, 0) is 30.2 Å². The maximum Gasteiger partial charge on any atom is 0.326 e. The minimum atomic E-state index is -1.14. The molecule has 1 aliphatic rings. The minimum absolute atomic E-state index is 0.00623. The zero-order valence-corrected chi connectivity index (χ0v) is 33.3. The van der Waals surface area contributed by atoms with Crippen LogP contribution in [0.5, 0.6) is 0 Å². The fourth-order valence-electron chi connectivity index (χ4n) is 7.48. The van der Waals surface area contributed by atoms with E-state index in [1.807, 2.05) is 84.2 Å². The maximum atomic E-state index is 14.1. The second-order valence-corrected chi connectivity index (χ2v) is 15.0. The van der Waals surface area contributed by atoms with Gasteiger partial charge in [0.2, 0.25) is 17.7 Å². The first-order valence-electron chi connectivity index (χ1n) is 18.8. The van der Waals surface area contributed by atoms with E-state index in [-0.39, 0.29) is 54.4 Å². The number of nitrogens with two attached hydrogens (primary N) is 1. The summed E-state index contributed by atoms with van der Waals surface area (Å²) in [6, 6.07) is 6.00. The fraction of sp³-hybridized carbons (Fsp3) is 0.718. The van der Waals surface area contributed by atoms with Crippen LogP contribution >= 0.6 is 0 Å². The van der Waals surface area contributed by atoms with Crippen LogP contribution in [0.2, 0.25) is 0 Å². The first kappa shape index (κ1) is 44.6. The highest BCUT2D eigenvalue weighted by atomic mass is 16.5. The van der Waals surface area contributed by atoms with Gasteiger partial charge in [-0.3, -0.25) is 19.2 Å². The van der Waals surface area contributed by atoms with Crippen molar-refractivity contribution in [1.29, 1.82) is 0 Å². The Morgan fingerprint density at radius 3 is 2.10 bits per heavy atom. The number of hydrogen-bond acceptors (Lipinski definition) is 7. The minimum Gasteiger partial charge on any atom is -0.480 e. The number of nitrogens with zero attached hydrogens (tertiary/aromatic N) is 2. The number of carbonyl (C=O) groups is 5. The third-order valence-corrected chi connectivity index (χ3v) is 10.8. The summed E-state index contributed by atoms with van der Waals surface area (Å²) < 4.78 is 11.8. The summed E-state index contributed by atoms with van der Waals surface area (Å²) in [5, 5.41) is 17.4. The van der Waals surface area contributed by atoms with Gasteiger partial charge in [0, 0.05) is 40.2 Å². The number of likely N-dealkylation sites (N-methyl/N-ethyl adjacent to an activating group) is 2. The zero-order valence-electron chi connectivity index (χ0n) is 33.3. The van der Waals surface area contributed by atoms with E-state index in [1.165, 1.54) is 14.2 Å². The summed E-state index contributed by atoms with van der Waals surface area (Å²) in [7, 11) is 6.60. The van der Waals surface area contributed by atoms with Crippen LogP contribution in [-0.4, -0.2) is 122 Å². The smallest absolute Gasteiger partial charge is 0.326 e. The lowest BCUT2D eigenvalue weighted by molar-refractivity contribution is -0.656. The molecule has 1 unspecified atom stereocenters. The Labute approximate surface area is 310 Å². The third-order valence-electron chi connectivity index (χ3n) is 10.8. The van der Waals surface area contributed by atoms with E-state index < -0.39 is 54.2 Å². The van der Waals surface area contributed by atoms with Gasteiger partial charge in [-0.15, -0.1) is 0 Å². The Morgan fingerprint density at radius 1 is 0.962 bits per heavy atom. The second-order valence-electron chi connectivity index (χ2n) is 15.0. The van der Waals surface area contributed by atoms with Gasteiger partial charge in [0.05, 0.1) is 43.7 Å². The predicted molar refractivity (Wildman–Crippen MR) is 199 cm³/mol. The molecule has 52 heavy (non-hydrogen) atoms. The summed E-state index contributed by atoms with van der Waals surface area (Å²) in [5.41, 5.74) is 0.786. The number of aliphatic carboxylic acids is 1. The first-order valence-corrected chi connectivity index (χ1v) is 18.8. The highest BCUT2D eigenvalue weighted by Crippen LogP contribution is 2.29. The van der Waals surface area contributed by atoms with E-state index in [1.54, 1.807) is 23.8 Å². The van der Waals surface area contributed by atoms with E-state index >= 15 is 0 Å². The molecule has 294 valence electrons. The molecule has 5 N–H and O–H groups in total. The molecule has 1 aromatic rings. The number of likely N-dealkylation sites (tertiary alicyclic amines) is 1. The van der Waals surface area contributed by atoms with E-state index in [0.29, 0.717) is 19.4 Å². The van der Waals surface area contributed by atoms with E-state index in [0.717, 1.165) is 12.0 Å². The van der Waals surface area contributed by atoms with Crippen molar-refractivity contribution in [1.82, 2.24) is 20.4 Å². The lowest BCUT2D eigenvalue weighted by Crippen LogP contribution is -2.90. The van der Waals surface area contributed by atoms with E-state index in [2.05, 4.69) is 10.6 Å². The summed E-state index contributed by atoms with van der Waals surface area (Å²) in [6.07, 6.45) is 0.844. The molecule has 2 rings (SSSR count). The number of carboxylic acid groups (broad SMARTS) is 1. The summed E-state index contributed by atoms with van der Waals surface area (Å²) in [5.74, 6) is -3.11. The van der Waals surface area contributed by atoms with Crippen LogP contribution < -0.4 is 16.0 Å². The fourth-order valence-corrected chi connectivity index (χ4v) is 7.48. The molecular formula is C39H66N5O8+. The van der Waals surface area contributed by atoms with Crippen molar-refractivity contribution in [3.05, 3.63) is 35.9 Å². The van der Waals surface area contributed by atoms with Crippen molar-refractivity contribution in [2.24, 2.45) is 23.7 Å². The molecule has 1 fully saturated rings. The number of hydrogen-bond donors (Lipinski definition) is 4. The second kappa shape index (κ2) is 21.2. The van der Waals surface area contributed by atoms with Gasteiger partial charge in [0.1, 0.15) is 12.1 Å². The lowest BCUT2D eigenvalue weighted by atomic mass is 9.89. The monoisotopic (exact) mass is 732 g/mol. The molecular weight excluding hydrogens is 666 g/mol. The van der Waals surface area contributed by atoms with Crippen LogP contribution in [0.3, 0.4) is 0 Å². The molecule has 1 heterocycles. The molecule has 0 bridgehead atoms. The van der Waals surface area contributed by atoms with Gasteiger partial charge in [-0.1, -0.05) is 85.2 Å². The molecule has 1 aromatic carbocycles. The number of methoxy groups -OCH3 is 2. The largest absolute Gasteiger partial charge is 0.480 e. The van der Waals surface area contributed by atoms with Crippen LogP contribution in [0, 0.1) is 23.7 Å². The number of amides is 4. The summed E-state index contributed by atoms with van der Waals surface area (Å²) in [6.45, 7) is 14.0. The predicted octanol–water partition coefficient (Wildman–Crippen LogP) is 2.08. The number of carboxylic acids is 1. The quantitative estimate of drug-likeness (QED) is 0.149. The Morgan fingerprint density at radius 2 is 1.60 bits per heavy atom. The SMILES string of the molecule is CC[C@H](C)[C@@H]([C@@H](CC(=O)N1CCCC1[C@H](OC)[C@@H](C)C(=O)N[C@@H](Cc1ccccc1)C(=O)O)OC)N(C)C(=O)[C@@H](NC(=O)[C@@H]([NH2+]C)C(C)C)C(C)C. The number of benzene rings is 1. The van der Waals surface area contributed by atoms with Crippen molar-refractivity contribution >= 4 is 29.6 Å². The summed E-state index contributed by atoms with van der Waals surface area (Å²) >= 11 is 0. The normalized spacial score (nSPS) is 19.2. The summed E-state index contributed by atoms with van der Waals surface area (Å²) in [4.78, 5) is 70.4. The average Bonchev–Trinajstić information content (AvgIpc) is 3.59. The first-order chi connectivity index (χ1) is 24.5. The molecule has 13 heteroatoms. The Balaban J connectivity index is 2.26. The van der Waals surface area contributed by atoms with Gasteiger partial charge >= 0.3 is 5.97 Å². The lowest BCUT2D eigenvalue weighted by Gasteiger charge is -2.41. The van der Waals surface area contributed by atoms with Crippen LogP contribution in [0.4, 0.5) is 0 Å². The third kappa shape index (κ3) is 11.7. The number of rotatable bonds is 21. The van der Waals surface area contributed by atoms with Crippen LogP contribution in [-0.2, 0) is 39.9 Å². The number of ether oxygens (including phenoxy) is 2. The van der Waals surface area contributed by atoms with Crippen molar-refractivity contribution in [2.45, 2.75) is 123 Å². The highest BCUT2D eigenvalue weighted by Gasteiger charge is 2.43. The number of quaternary nitrogens is 1. The van der Waals surface area contributed by atoms with Gasteiger partial charge in [-0.2, -0.15) is 0 Å². The molecule has 13 nitrogen and oxygen atoms in total. The standard InChI is InChI=1S/C39H65N5O8/c1-12-25(6)34(43(9)38(48)33(24(4)5)42-37(47)32(40-8)23(2)3)30(51-10)22-31(45)44-20-16-19-29(44)35(52-11)26(7)36(46)41-28(39(49)50)21-27-17-14-13-15-18-27/h13-15,17-18,23-26,28-30,32-35,40H,12,16,19-22H2,1-11H3,(H,41,46)(H,42,47)(H,49,50)/p+1/t25-,26+,28-,29?,30+,32-,33-,34-,35+/m0/s1. The molecule has 0 aromatic heterocycles. The molecule has 0 aliphatic carbocycles. The van der Waals surface area contributed by atoms with Crippen molar-refractivity contribution in [3.8, 4) is 0 Å². The highest BCUT2D eigenvalue weighted by molar-refractivity contribution is 5.90. The Bertz CT molecular complexity index is 1310. The average molecular weight is 733 g/mol. The maximum absolute atomic E-state index is 14.1. The molecule has 0 spiro atoms. The number of carbonyl (C=O) groups excluding carboxylic acids is 4. The van der Waals surface area contributed by atoms with Crippen molar-refractivity contribution in [2.75, 3.05) is 34.9 Å². The van der Waals surface area contributed by atoms with Crippen LogP contribution in [0.15, 0.2) is 30.3 Å². The van der Waals surface area contributed by atoms with Gasteiger partial charge in [0.15, 0.2) is 6.04 Å². The molecule has 1 saturated heterocycles. The molecule has 0 saturated carbocycles. The molecule has 1 aliphatic heterocycles. The van der Waals surface area contributed by atoms with Crippen molar-refractivity contribution in [3.63, 3.8) is 0 Å². The van der Waals surface area contributed by atoms with Gasteiger partial charge < -0.3 is 40.3 Å². The topological polar surface area (TPSA) is 171 Å². The number of nitrogens with one attached hydrogen (secondary N) is 2. The van der Waals surface area contributed by atoms with Crippen molar-refractivity contribution < 1.29 is 43.9 Å². The molecule has 9 atom stereocenters. The van der Waals surface area contributed by atoms with E-state index in [9.17, 15) is 29.1 Å². The molecule has 0 radical (unpaired) electrons. The van der Waals surface area contributed by atoms with Crippen LogP contribution in [0.25, 0.3) is 0 Å². The van der Waals surface area contributed by atoms with Gasteiger partial charge in [0.25, 0.3) is 5.91 Å². The Kier molecular flexibility index (Phi) is 18.2. The van der Waals surface area contributed by atoms with Gasteiger partial charge in [-0.25, -0.2) is 4.79 Å². The van der Waals surface area contributed by atoms with Crippen LogP contribution in [0.1, 0.15) is 79.7 Å². The Hall–Kier alpha value is -3.55. The molecule has 4 amide bonds.